The van der Waals surface area contributed by atoms with Gasteiger partial charge in [0.2, 0.25) is 20.0 Å². The fourth-order valence-electron chi connectivity index (χ4n) is 6.24. The van der Waals surface area contributed by atoms with Gasteiger partial charge in [-0.05, 0) is 47.5 Å². The van der Waals surface area contributed by atoms with Crippen molar-refractivity contribution in [2.24, 2.45) is 0 Å². The van der Waals surface area contributed by atoms with Crippen molar-refractivity contribution in [1.29, 1.82) is 0 Å². The Morgan fingerprint density at radius 2 is 1.00 bits per heavy atom. The molecule has 0 saturated carbocycles. The molecular formula is C36H44N2O11S2. The van der Waals surface area contributed by atoms with Crippen molar-refractivity contribution in [3.8, 4) is 11.5 Å². The summed E-state index contributed by atoms with van der Waals surface area (Å²) in [4.78, 5) is -0.250. The van der Waals surface area contributed by atoms with Gasteiger partial charge in [-0.15, -0.1) is 0 Å². The van der Waals surface area contributed by atoms with Crippen molar-refractivity contribution in [2.45, 2.75) is 49.4 Å². The predicted octanol–water partition coefficient (Wildman–Crippen LogP) is 4.85. The minimum atomic E-state index is -4.25. The number of benzene rings is 4. The molecule has 51 heavy (non-hydrogen) atoms. The molecule has 276 valence electrons. The van der Waals surface area contributed by atoms with Gasteiger partial charge < -0.3 is 33.2 Å². The first kappa shape index (κ1) is 37.5. The maximum Gasteiger partial charge on any atom is 0.247 e. The molecule has 6 rings (SSSR count). The third-order valence-electron chi connectivity index (χ3n) is 9.09. The number of sulfonamides is 2. The number of hydrogen-bond acceptors (Lipinski definition) is 11. The Bertz CT molecular complexity index is 1920. The Morgan fingerprint density at radius 3 is 1.37 bits per heavy atom. The van der Waals surface area contributed by atoms with Gasteiger partial charge in [-0.2, -0.15) is 8.61 Å². The standard InChI is InChI=1S/C36H44N2O11S2/c1-25(43-3)47-23-31-29-11-7-5-9-27(29)21-33(35(31)50(39,40)37-13-17-45-18-14-37)49-34-22-28-10-6-8-12-30(28)32(24-48-26(2)44-4)36(34)51(41,42)38-15-19-46-20-16-38/h5-12,21-22,25-26H,13-20,23-24H2,1-4H3. The van der Waals surface area contributed by atoms with Crippen LogP contribution >= 0.6 is 0 Å². The molecule has 2 saturated heterocycles. The van der Waals surface area contributed by atoms with Crippen LogP contribution < -0.4 is 4.74 Å². The summed E-state index contributed by atoms with van der Waals surface area (Å²) in [6.07, 6.45) is -1.29. The minimum absolute atomic E-state index is 0.0466. The lowest BCUT2D eigenvalue weighted by Crippen LogP contribution is -2.41. The number of methoxy groups -OCH3 is 2. The van der Waals surface area contributed by atoms with E-state index in [0.29, 0.717) is 32.7 Å². The molecule has 4 aromatic carbocycles. The van der Waals surface area contributed by atoms with Crippen molar-refractivity contribution in [3.63, 3.8) is 0 Å². The van der Waals surface area contributed by atoms with Crippen molar-refractivity contribution in [3.05, 3.63) is 71.8 Å². The van der Waals surface area contributed by atoms with Crippen molar-refractivity contribution in [1.82, 2.24) is 8.61 Å². The Morgan fingerprint density at radius 1 is 0.627 bits per heavy atom. The van der Waals surface area contributed by atoms with Crippen LogP contribution in [0.4, 0.5) is 0 Å². The molecule has 2 unspecified atom stereocenters. The van der Waals surface area contributed by atoms with Crippen LogP contribution in [-0.4, -0.2) is 105 Å². The largest absolute Gasteiger partial charge is 0.454 e. The lowest BCUT2D eigenvalue weighted by atomic mass is 10.0. The molecule has 0 aliphatic carbocycles. The van der Waals surface area contributed by atoms with E-state index < -0.39 is 32.6 Å². The van der Waals surface area contributed by atoms with Crippen LogP contribution in [-0.2, 0) is 61.7 Å². The third kappa shape index (κ3) is 7.93. The molecule has 0 aromatic heterocycles. The average molecular weight is 745 g/mol. The van der Waals surface area contributed by atoms with Gasteiger partial charge in [0, 0.05) is 51.5 Å². The molecular weight excluding hydrogens is 701 g/mol. The minimum Gasteiger partial charge on any atom is -0.454 e. The fraction of sp³-hybridized carbons (Fsp3) is 0.444. The summed E-state index contributed by atoms with van der Waals surface area (Å²) < 4.78 is 102. The molecule has 2 heterocycles. The maximum atomic E-state index is 14.7. The van der Waals surface area contributed by atoms with E-state index in [1.165, 1.54) is 22.8 Å². The second kappa shape index (κ2) is 16.2. The fourth-order valence-corrected chi connectivity index (χ4v) is 9.69. The number of nitrogens with zero attached hydrogens (tertiary/aromatic N) is 2. The van der Waals surface area contributed by atoms with Gasteiger partial charge in [-0.3, -0.25) is 0 Å². The van der Waals surface area contributed by atoms with E-state index >= 15 is 0 Å². The summed E-state index contributed by atoms with van der Waals surface area (Å²) in [6.45, 7) is 4.62. The summed E-state index contributed by atoms with van der Waals surface area (Å²) in [5.74, 6) is -0.0932. The highest BCUT2D eigenvalue weighted by Crippen LogP contribution is 2.44. The zero-order chi connectivity index (χ0) is 36.2. The summed E-state index contributed by atoms with van der Waals surface area (Å²) >= 11 is 0. The smallest absolute Gasteiger partial charge is 0.247 e. The van der Waals surface area contributed by atoms with E-state index in [1.807, 2.05) is 48.5 Å². The Hall–Kier alpha value is -3.22. The maximum absolute atomic E-state index is 14.7. The molecule has 0 radical (unpaired) electrons. The molecule has 13 nitrogen and oxygen atoms in total. The molecule has 4 aromatic rings. The zero-order valence-electron chi connectivity index (χ0n) is 29.2. The van der Waals surface area contributed by atoms with Gasteiger partial charge in [0.1, 0.15) is 21.3 Å². The molecule has 2 fully saturated rings. The first-order valence-corrected chi connectivity index (χ1v) is 19.7. The normalized spacial score (nSPS) is 17.9. The highest BCUT2D eigenvalue weighted by atomic mass is 32.2. The van der Waals surface area contributed by atoms with Gasteiger partial charge in [0.05, 0.1) is 39.6 Å². The Labute approximate surface area is 299 Å². The molecule has 2 atom stereocenters. The summed E-state index contributed by atoms with van der Waals surface area (Å²) in [6, 6.07) is 17.9. The molecule has 0 N–H and O–H groups in total. The lowest BCUT2D eigenvalue weighted by Gasteiger charge is -2.30. The molecule has 15 heteroatoms. The van der Waals surface area contributed by atoms with Crippen LogP contribution in [0.15, 0.2) is 70.5 Å². The van der Waals surface area contributed by atoms with Crippen molar-refractivity contribution >= 4 is 41.6 Å². The highest BCUT2D eigenvalue weighted by Gasteiger charge is 2.37. The second-order valence-corrected chi connectivity index (χ2v) is 15.9. The Kier molecular flexibility index (Phi) is 11.9. The SMILES string of the molecule is COC(C)OCc1c(S(=O)(=O)N2CCOCC2)c(Oc2cc3ccccc3c(COC(C)OC)c2S(=O)(=O)N2CCOCC2)cc2ccccc12. The first-order valence-electron chi connectivity index (χ1n) is 16.8. The number of ether oxygens (including phenoxy) is 7. The Balaban J connectivity index is 1.63. The van der Waals surface area contributed by atoms with Crippen LogP contribution in [0.3, 0.4) is 0 Å². The average Bonchev–Trinajstić information content (AvgIpc) is 3.15. The van der Waals surface area contributed by atoms with E-state index in [4.69, 9.17) is 33.2 Å². The molecule has 2 aliphatic heterocycles. The van der Waals surface area contributed by atoms with Gasteiger partial charge in [-0.1, -0.05) is 48.5 Å². The van der Waals surface area contributed by atoms with Crippen LogP contribution in [0.5, 0.6) is 11.5 Å². The van der Waals surface area contributed by atoms with E-state index in [2.05, 4.69) is 0 Å². The summed E-state index contributed by atoms with van der Waals surface area (Å²) in [5.41, 5.74) is 0.712. The summed E-state index contributed by atoms with van der Waals surface area (Å²) in [5, 5.41) is 2.63. The number of fused-ring (bicyclic) bond motifs is 2. The topological polar surface area (TPSA) is 139 Å². The summed E-state index contributed by atoms with van der Waals surface area (Å²) in [7, 11) is -5.49. The number of rotatable bonds is 14. The third-order valence-corrected chi connectivity index (χ3v) is 13.1. The van der Waals surface area contributed by atoms with Crippen molar-refractivity contribution in [2.75, 3.05) is 66.8 Å². The monoisotopic (exact) mass is 744 g/mol. The molecule has 0 spiro atoms. The molecule has 0 bridgehead atoms. The number of morpholine rings is 2. The van der Waals surface area contributed by atoms with E-state index in [1.54, 1.807) is 26.0 Å². The molecule has 0 amide bonds. The van der Waals surface area contributed by atoms with Gasteiger partial charge >= 0.3 is 0 Å². The second-order valence-electron chi connectivity index (χ2n) is 12.2. The van der Waals surface area contributed by atoms with Crippen LogP contribution in [0.25, 0.3) is 21.5 Å². The van der Waals surface area contributed by atoms with Gasteiger partial charge in [0.25, 0.3) is 0 Å². The highest BCUT2D eigenvalue weighted by molar-refractivity contribution is 7.89. The predicted molar refractivity (Wildman–Crippen MR) is 190 cm³/mol. The molecule has 2 aliphatic rings. The lowest BCUT2D eigenvalue weighted by molar-refractivity contribution is -0.119. The number of hydrogen-bond donors (Lipinski definition) is 0. The van der Waals surface area contributed by atoms with E-state index in [-0.39, 0.29) is 87.1 Å². The van der Waals surface area contributed by atoms with Gasteiger partial charge in [-0.25, -0.2) is 16.8 Å². The van der Waals surface area contributed by atoms with E-state index in [0.717, 1.165) is 0 Å². The first-order chi connectivity index (χ1) is 24.6. The van der Waals surface area contributed by atoms with E-state index in [9.17, 15) is 16.8 Å². The van der Waals surface area contributed by atoms with Crippen LogP contribution in [0, 0.1) is 0 Å². The van der Waals surface area contributed by atoms with Gasteiger partial charge in [0.15, 0.2) is 12.6 Å². The zero-order valence-corrected chi connectivity index (χ0v) is 30.8. The quantitative estimate of drug-likeness (QED) is 0.164. The van der Waals surface area contributed by atoms with Crippen molar-refractivity contribution < 1.29 is 50.0 Å². The van der Waals surface area contributed by atoms with Crippen LogP contribution in [0.2, 0.25) is 0 Å². The van der Waals surface area contributed by atoms with Crippen LogP contribution in [0.1, 0.15) is 25.0 Å².